The summed E-state index contributed by atoms with van der Waals surface area (Å²) in [6.45, 7) is 2.82. The van der Waals surface area contributed by atoms with Crippen molar-refractivity contribution in [1.82, 2.24) is 20.3 Å². The van der Waals surface area contributed by atoms with Crippen LogP contribution in [0.25, 0.3) is 0 Å². The maximum absolute atomic E-state index is 5.32. The van der Waals surface area contributed by atoms with Crippen molar-refractivity contribution in [2.24, 2.45) is 0 Å². The van der Waals surface area contributed by atoms with Gasteiger partial charge in [0.25, 0.3) is 0 Å². The zero-order valence-electron chi connectivity index (χ0n) is 11.8. The Kier molecular flexibility index (Phi) is 4.84. The molecule has 0 saturated carbocycles. The van der Waals surface area contributed by atoms with Crippen LogP contribution in [0.1, 0.15) is 24.2 Å². The van der Waals surface area contributed by atoms with Crippen molar-refractivity contribution >= 4 is 0 Å². The van der Waals surface area contributed by atoms with E-state index in [0.717, 1.165) is 12.1 Å². The molecule has 2 heterocycles. The summed E-state index contributed by atoms with van der Waals surface area (Å²) in [7, 11) is 3.12. The van der Waals surface area contributed by atoms with Crippen LogP contribution in [0.4, 0.5) is 0 Å². The van der Waals surface area contributed by atoms with E-state index in [4.69, 9.17) is 9.47 Å². The lowest BCUT2D eigenvalue weighted by atomic mass is 10.1. The van der Waals surface area contributed by atoms with Gasteiger partial charge >= 0.3 is 0 Å². The summed E-state index contributed by atoms with van der Waals surface area (Å²) in [6.07, 6.45) is 5.13. The molecule has 0 aliphatic rings. The van der Waals surface area contributed by atoms with Gasteiger partial charge < -0.3 is 14.8 Å². The maximum Gasteiger partial charge on any atom is 0.240 e. The van der Waals surface area contributed by atoms with Gasteiger partial charge in [-0.3, -0.25) is 4.98 Å². The van der Waals surface area contributed by atoms with Crippen molar-refractivity contribution < 1.29 is 9.47 Å². The van der Waals surface area contributed by atoms with Crippen molar-refractivity contribution in [2.75, 3.05) is 20.8 Å². The Balaban J connectivity index is 2.44. The van der Waals surface area contributed by atoms with Crippen LogP contribution >= 0.6 is 0 Å². The predicted molar refractivity (Wildman–Crippen MR) is 74.9 cm³/mol. The van der Waals surface area contributed by atoms with E-state index < -0.39 is 0 Å². The van der Waals surface area contributed by atoms with Crippen LogP contribution in [0.2, 0.25) is 0 Å². The lowest BCUT2D eigenvalue weighted by Crippen LogP contribution is -2.24. The van der Waals surface area contributed by atoms with Gasteiger partial charge in [-0.05, 0) is 18.2 Å². The molecule has 0 amide bonds. The molecular formula is C14H18N4O2. The van der Waals surface area contributed by atoms with Crippen LogP contribution in [0.5, 0.6) is 11.8 Å². The lowest BCUT2D eigenvalue weighted by Gasteiger charge is -2.19. The fourth-order valence-electron chi connectivity index (χ4n) is 1.94. The molecule has 2 rings (SSSR count). The second-order valence-corrected chi connectivity index (χ2v) is 4.08. The molecule has 6 nitrogen and oxygen atoms in total. The van der Waals surface area contributed by atoms with Crippen molar-refractivity contribution in [3.8, 4) is 11.8 Å². The van der Waals surface area contributed by atoms with E-state index in [2.05, 4.69) is 20.3 Å². The topological polar surface area (TPSA) is 69.2 Å². The minimum absolute atomic E-state index is 0.123. The predicted octanol–water partition coefficient (Wildman–Crippen LogP) is 1.59. The Labute approximate surface area is 118 Å². The normalized spacial score (nSPS) is 11.9. The molecule has 0 bridgehead atoms. The molecule has 0 saturated heterocycles. The van der Waals surface area contributed by atoms with Gasteiger partial charge in [-0.25, -0.2) is 4.98 Å². The van der Waals surface area contributed by atoms with Crippen LogP contribution in [-0.4, -0.2) is 35.7 Å². The Hall–Kier alpha value is -2.21. The van der Waals surface area contributed by atoms with E-state index in [0.29, 0.717) is 17.5 Å². The van der Waals surface area contributed by atoms with E-state index in [1.807, 2.05) is 19.1 Å². The quantitative estimate of drug-likeness (QED) is 0.862. The molecule has 0 radical (unpaired) electrons. The van der Waals surface area contributed by atoms with Crippen LogP contribution in [0.3, 0.4) is 0 Å². The third kappa shape index (κ3) is 3.03. The molecule has 106 valence electrons. The summed E-state index contributed by atoms with van der Waals surface area (Å²) < 4.78 is 10.4. The van der Waals surface area contributed by atoms with Crippen LogP contribution in [0, 0.1) is 0 Å². The van der Waals surface area contributed by atoms with Gasteiger partial charge in [0.2, 0.25) is 11.8 Å². The summed E-state index contributed by atoms with van der Waals surface area (Å²) in [5.74, 6) is 0.867. The van der Waals surface area contributed by atoms with Crippen molar-refractivity contribution in [1.29, 1.82) is 0 Å². The number of ether oxygens (including phenoxy) is 2. The number of rotatable bonds is 6. The van der Waals surface area contributed by atoms with Gasteiger partial charge in [0.05, 0.1) is 26.5 Å². The average molecular weight is 274 g/mol. The van der Waals surface area contributed by atoms with E-state index in [1.165, 1.54) is 0 Å². The van der Waals surface area contributed by atoms with Crippen molar-refractivity contribution in [2.45, 2.75) is 13.0 Å². The van der Waals surface area contributed by atoms with Crippen LogP contribution < -0.4 is 14.8 Å². The van der Waals surface area contributed by atoms with Gasteiger partial charge in [-0.2, -0.15) is 4.98 Å². The number of nitrogens with one attached hydrogen (secondary N) is 1. The molecule has 0 spiro atoms. The zero-order chi connectivity index (χ0) is 14.4. The molecule has 6 heteroatoms. The average Bonchev–Trinajstić information content (AvgIpc) is 2.53. The SMILES string of the molecule is CCNC(c1cccnc1)c1ncc(OC)nc1OC. The minimum Gasteiger partial charge on any atom is -0.480 e. The Bertz CT molecular complexity index is 548. The molecule has 2 aromatic heterocycles. The first-order valence-corrected chi connectivity index (χ1v) is 6.38. The summed E-state index contributed by atoms with van der Waals surface area (Å²) in [6, 6.07) is 3.76. The number of methoxy groups -OCH3 is 2. The van der Waals surface area contributed by atoms with Gasteiger partial charge in [-0.15, -0.1) is 0 Å². The maximum atomic E-state index is 5.32. The standard InChI is InChI=1S/C14H18N4O2/c1-4-16-12(10-6-5-7-15-8-10)13-14(20-3)18-11(19-2)9-17-13/h5-9,12,16H,4H2,1-3H3. The van der Waals surface area contributed by atoms with Gasteiger partial charge in [0.15, 0.2) is 0 Å². The monoisotopic (exact) mass is 274 g/mol. The molecule has 0 aromatic carbocycles. The number of pyridine rings is 1. The highest BCUT2D eigenvalue weighted by molar-refractivity contribution is 5.33. The summed E-state index contributed by atoms with van der Waals surface area (Å²) in [5.41, 5.74) is 1.72. The Morgan fingerprint density at radius 3 is 2.70 bits per heavy atom. The number of hydrogen-bond acceptors (Lipinski definition) is 6. The molecule has 20 heavy (non-hydrogen) atoms. The second-order valence-electron chi connectivity index (χ2n) is 4.08. The van der Waals surface area contributed by atoms with E-state index in [-0.39, 0.29) is 6.04 Å². The molecule has 0 aliphatic carbocycles. The first-order valence-electron chi connectivity index (χ1n) is 6.38. The molecule has 1 N–H and O–H groups in total. The molecule has 1 unspecified atom stereocenters. The van der Waals surface area contributed by atoms with Crippen molar-refractivity contribution in [3.63, 3.8) is 0 Å². The third-order valence-electron chi connectivity index (χ3n) is 2.85. The second kappa shape index (κ2) is 6.81. The molecule has 0 fully saturated rings. The first kappa shape index (κ1) is 14.2. The lowest BCUT2D eigenvalue weighted by molar-refractivity contribution is 0.352. The highest BCUT2D eigenvalue weighted by Crippen LogP contribution is 2.27. The van der Waals surface area contributed by atoms with Gasteiger partial charge in [0.1, 0.15) is 5.69 Å². The smallest absolute Gasteiger partial charge is 0.240 e. The Morgan fingerprint density at radius 2 is 2.10 bits per heavy atom. The molecule has 1 atom stereocenters. The fourth-order valence-corrected chi connectivity index (χ4v) is 1.94. The summed E-state index contributed by atoms with van der Waals surface area (Å²) in [4.78, 5) is 12.8. The fraction of sp³-hybridized carbons (Fsp3) is 0.357. The van der Waals surface area contributed by atoms with E-state index in [1.54, 1.807) is 32.8 Å². The summed E-state index contributed by atoms with van der Waals surface area (Å²) >= 11 is 0. The summed E-state index contributed by atoms with van der Waals surface area (Å²) in [5, 5.41) is 3.36. The van der Waals surface area contributed by atoms with E-state index in [9.17, 15) is 0 Å². The molecule has 0 aliphatic heterocycles. The molecule has 2 aromatic rings. The largest absolute Gasteiger partial charge is 0.480 e. The highest BCUT2D eigenvalue weighted by atomic mass is 16.5. The number of aromatic nitrogens is 3. The molecular weight excluding hydrogens is 256 g/mol. The number of nitrogens with zero attached hydrogens (tertiary/aromatic N) is 3. The Morgan fingerprint density at radius 1 is 1.25 bits per heavy atom. The number of hydrogen-bond donors (Lipinski definition) is 1. The van der Waals surface area contributed by atoms with Gasteiger partial charge in [0, 0.05) is 12.4 Å². The minimum atomic E-state index is -0.123. The third-order valence-corrected chi connectivity index (χ3v) is 2.85. The van der Waals surface area contributed by atoms with E-state index >= 15 is 0 Å². The highest BCUT2D eigenvalue weighted by Gasteiger charge is 2.21. The van der Waals surface area contributed by atoms with Gasteiger partial charge in [-0.1, -0.05) is 13.0 Å². The first-order chi connectivity index (χ1) is 9.80. The van der Waals surface area contributed by atoms with Crippen LogP contribution in [0.15, 0.2) is 30.7 Å². The zero-order valence-corrected chi connectivity index (χ0v) is 11.8. The van der Waals surface area contributed by atoms with Crippen LogP contribution in [-0.2, 0) is 0 Å². The van der Waals surface area contributed by atoms with Crippen molar-refractivity contribution in [3.05, 3.63) is 42.0 Å².